The van der Waals surface area contributed by atoms with Gasteiger partial charge in [-0.3, -0.25) is 4.79 Å². The summed E-state index contributed by atoms with van der Waals surface area (Å²) in [7, 11) is 1.57. The summed E-state index contributed by atoms with van der Waals surface area (Å²) in [5.74, 6) is 0.574. The Morgan fingerprint density at radius 3 is 2.71 bits per heavy atom. The summed E-state index contributed by atoms with van der Waals surface area (Å²) in [6.45, 7) is 6.06. The second-order valence-electron chi connectivity index (χ2n) is 4.16. The van der Waals surface area contributed by atoms with E-state index < -0.39 is 0 Å². The molecule has 1 aromatic rings. The van der Waals surface area contributed by atoms with E-state index in [9.17, 15) is 4.79 Å². The molecular formula is C14H20O3. The van der Waals surface area contributed by atoms with Crippen molar-refractivity contribution in [3.63, 3.8) is 0 Å². The van der Waals surface area contributed by atoms with E-state index >= 15 is 0 Å². The number of aryl methyl sites for hydroxylation is 1. The molecule has 94 valence electrons. The monoisotopic (exact) mass is 236 g/mol. The number of rotatable bonds is 6. The second kappa shape index (κ2) is 6.40. The molecule has 0 saturated heterocycles. The van der Waals surface area contributed by atoms with Crippen molar-refractivity contribution in [3.8, 4) is 5.75 Å². The zero-order chi connectivity index (χ0) is 12.8. The maximum Gasteiger partial charge on any atom is 0.192 e. The lowest BCUT2D eigenvalue weighted by Gasteiger charge is -2.12. The topological polar surface area (TPSA) is 35.5 Å². The van der Waals surface area contributed by atoms with Gasteiger partial charge in [-0.05, 0) is 38.0 Å². The molecule has 0 aliphatic heterocycles. The Bertz CT molecular complexity index is 385. The Morgan fingerprint density at radius 1 is 1.41 bits per heavy atom. The molecule has 17 heavy (non-hydrogen) atoms. The van der Waals surface area contributed by atoms with Gasteiger partial charge in [0.1, 0.15) is 12.4 Å². The predicted molar refractivity (Wildman–Crippen MR) is 67.8 cm³/mol. The number of ketones is 1. The highest BCUT2D eigenvalue weighted by Gasteiger charge is 2.13. The van der Waals surface area contributed by atoms with Crippen LogP contribution in [0.2, 0.25) is 0 Å². The maximum absolute atomic E-state index is 12.0. The van der Waals surface area contributed by atoms with Gasteiger partial charge in [0.2, 0.25) is 0 Å². The fourth-order valence-electron chi connectivity index (χ4n) is 1.44. The highest BCUT2D eigenvalue weighted by molar-refractivity contribution is 5.99. The summed E-state index contributed by atoms with van der Waals surface area (Å²) in [5, 5.41) is 0. The molecular weight excluding hydrogens is 216 g/mol. The van der Waals surface area contributed by atoms with Gasteiger partial charge in [0.25, 0.3) is 0 Å². The van der Waals surface area contributed by atoms with E-state index in [1.54, 1.807) is 13.2 Å². The van der Waals surface area contributed by atoms with Crippen LogP contribution in [0.4, 0.5) is 0 Å². The van der Waals surface area contributed by atoms with Crippen LogP contribution < -0.4 is 4.74 Å². The molecule has 0 heterocycles. The van der Waals surface area contributed by atoms with Gasteiger partial charge in [0.05, 0.1) is 18.8 Å². The molecule has 0 aromatic heterocycles. The molecule has 0 radical (unpaired) electrons. The highest BCUT2D eigenvalue weighted by atomic mass is 16.5. The van der Waals surface area contributed by atoms with E-state index in [2.05, 4.69) is 0 Å². The highest BCUT2D eigenvalue weighted by Crippen LogP contribution is 2.20. The third-order valence-corrected chi connectivity index (χ3v) is 2.73. The van der Waals surface area contributed by atoms with Crippen LogP contribution in [0.15, 0.2) is 18.2 Å². The molecule has 0 aliphatic rings. The zero-order valence-electron chi connectivity index (χ0n) is 10.9. The van der Waals surface area contributed by atoms with Gasteiger partial charge in [0.15, 0.2) is 5.78 Å². The van der Waals surface area contributed by atoms with Crippen LogP contribution in [-0.2, 0) is 4.74 Å². The number of benzene rings is 1. The van der Waals surface area contributed by atoms with Gasteiger partial charge in [-0.1, -0.05) is 13.0 Å². The normalized spacial score (nSPS) is 12.2. The van der Waals surface area contributed by atoms with E-state index in [0.717, 1.165) is 12.0 Å². The SMILES string of the molecule is CCC(C)OCC(=O)c1ccc(C)cc1OC. The first-order valence-corrected chi connectivity index (χ1v) is 5.88. The van der Waals surface area contributed by atoms with Gasteiger partial charge < -0.3 is 9.47 Å². The number of hydrogen-bond acceptors (Lipinski definition) is 3. The van der Waals surface area contributed by atoms with Crippen LogP contribution in [0.1, 0.15) is 36.2 Å². The van der Waals surface area contributed by atoms with E-state index in [4.69, 9.17) is 9.47 Å². The zero-order valence-corrected chi connectivity index (χ0v) is 10.9. The number of Topliss-reactive ketones (excluding diaryl/α,β-unsaturated/α-hetero) is 1. The number of carbonyl (C=O) groups is 1. The quantitative estimate of drug-likeness (QED) is 0.712. The molecule has 0 amide bonds. The molecule has 1 unspecified atom stereocenters. The van der Waals surface area contributed by atoms with Crippen molar-refractivity contribution in [1.29, 1.82) is 0 Å². The first-order valence-electron chi connectivity index (χ1n) is 5.88. The molecule has 1 atom stereocenters. The van der Waals surface area contributed by atoms with E-state index in [0.29, 0.717) is 11.3 Å². The van der Waals surface area contributed by atoms with Crippen LogP contribution in [-0.4, -0.2) is 25.6 Å². The second-order valence-corrected chi connectivity index (χ2v) is 4.16. The van der Waals surface area contributed by atoms with Crippen LogP contribution in [0, 0.1) is 6.92 Å². The van der Waals surface area contributed by atoms with Gasteiger partial charge in [0, 0.05) is 0 Å². The number of carbonyl (C=O) groups excluding carboxylic acids is 1. The lowest BCUT2D eigenvalue weighted by molar-refractivity contribution is 0.0509. The average Bonchev–Trinajstić information content (AvgIpc) is 2.35. The van der Waals surface area contributed by atoms with Crippen molar-refractivity contribution in [1.82, 2.24) is 0 Å². The molecule has 0 saturated carbocycles. The number of ether oxygens (including phenoxy) is 2. The van der Waals surface area contributed by atoms with E-state index in [-0.39, 0.29) is 18.5 Å². The Kier molecular flexibility index (Phi) is 5.16. The summed E-state index contributed by atoms with van der Waals surface area (Å²) in [5.41, 5.74) is 1.66. The summed E-state index contributed by atoms with van der Waals surface area (Å²) < 4.78 is 10.6. The molecule has 0 bridgehead atoms. The van der Waals surface area contributed by atoms with E-state index in [1.807, 2.05) is 32.9 Å². The van der Waals surface area contributed by atoms with Crippen molar-refractivity contribution >= 4 is 5.78 Å². The molecule has 3 nitrogen and oxygen atoms in total. The molecule has 1 rings (SSSR count). The van der Waals surface area contributed by atoms with Crippen molar-refractivity contribution < 1.29 is 14.3 Å². The summed E-state index contributed by atoms with van der Waals surface area (Å²) in [6.07, 6.45) is 1.01. The Hall–Kier alpha value is -1.35. The van der Waals surface area contributed by atoms with Crippen molar-refractivity contribution in [3.05, 3.63) is 29.3 Å². The average molecular weight is 236 g/mol. The summed E-state index contributed by atoms with van der Waals surface area (Å²) in [6, 6.07) is 5.55. The molecule has 0 spiro atoms. The van der Waals surface area contributed by atoms with E-state index in [1.165, 1.54) is 0 Å². The van der Waals surface area contributed by atoms with Gasteiger partial charge in [-0.15, -0.1) is 0 Å². The largest absolute Gasteiger partial charge is 0.496 e. The summed E-state index contributed by atoms with van der Waals surface area (Å²) in [4.78, 5) is 12.0. The van der Waals surface area contributed by atoms with Crippen LogP contribution in [0.5, 0.6) is 5.75 Å². The van der Waals surface area contributed by atoms with Gasteiger partial charge >= 0.3 is 0 Å². The molecule has 0 fully saturated rings. The lowest BCUT2D eigenvalue weighted by Crippen LogP contribution is -2.15. The third kappa shape index (κ3) is 3.86. The van der Waals surface area contributed by atoms with Crippen molar-refractivity contribution in [2.24, 2.45) is 0 Å². The lowest BCUT2D eigenvalue weighted by atomic mass is 10.1. The molecule has 0 N–H and O–H groups in total. The first kappa shape index (κ1) is 13.7. The van der Waals surface area contributed by atoms with Crippen molar-refractivity contribution in [2.75, 3.05) is 13.7 Å². The molecule has 0 aliphatic carbocycles. The summed E-state index contributed by atoms with van der Waals surface area (Å²) >= 11 is 0. The fraction of sp³-hybridized carbons (Fsp3) is 0.500. The van der Waals surface area contributed by atoms with Crippen LogP contribution in [0.25, 0.3) is 0 Å². The Morgan fingerprint density at radius 2 is 2.12 bits per heavy atom. The molecule has 1 aromatic carbocycles. The van der Waals surface area contributed by atoms with Crippen LogP contribution in [0.3, 0.4) is 0 Å². The van der Waals surface area contributed by atoms with Crippen molar-refractivity contribution in [2.45, 2.75) is 33.3 Å². The fourth-order valence-corrected chi connectivity index (χ4v) is 1.44. The number of methoxy groups -OCH3 is 1. The minimum Gasteiger partial charge on any atom is -0.496 e. The minimum absolute atomic E-state index is 0.0397. The first-order chi connectivity index (χ1) is 8.08. The standard InChI is InChI=1S/C14H20O3/c1-5-11(3)17-9-13(15)12-7-6-10(2)8-14(12)16-4/h6-8,11H,5,9H2,1-4H3. The Labute approximate surface area is 103 Å². The minimum atomic E-state index is -0.0397. The van der Waals surface area contributed by atoms with Gasteiger partial charge in [-0.25, -0.2) is 0 Å². The molecule has 3 heteroatoms. The maximum atomic E-state index is 12.0. The smallest absolute Gasteiger partial charge is 0.192 e. The van der Waals surface area contributed by atoms with Crippen LogP contribution >= 0.6 is 0 Å². The third-order valence-electron chi connectivity index (χ3n) is 2.73. The Balaban J connectivity index is 2.75. The van der Waals surface area contributed by atoms with Gasteiger partial charge in [-0.2, -0.15) is 0 Å². The number of hydrogen-bond donors (Lipinski definition) is 0. The predicted octanol–water partition coefficient (Wildman–Crippen LogP) is 3.00.